The van der Waals surface area contributed by atoms with Gasteiger partial charge < -0.3 is 4.90 Å². The molecule has 1 aliphatic rings. The first-order valence-electron chi connectivity index (χ1n) is 9.19. The SMILES string of the molecule is O=c1c2ccc(-c3ccc(F)c(N4CCC4)c3)cc2cnn1-c1ccccn1. The summed E-state index contributed by atoms with van der Waals surface area (Å²) in [6, 6.07) is 16.1. The van der Waals surface area contributed by atoms with E-state index < -0.39 is 0 Å². The molecule has 2 aromatic carbocycles. The lowest BCUT2D eigenvalue weighted by Gasteiger charge is -2.33. The maximum Gasteiger partial charge on any atom is 0.280 e. The zero-order chi connectivity index (χ0) is 19.1. The zero-order valence-corrected chi connectivity index (χ0v) is 15.0. The van der Waals surface area contributed by atoms with Crippen LogP contribution in [0.4, 0.5) is 10.1 Å². The average molecular weight is 372 g/mol. The summed E-state index contributed by atoms with van der Waals surface area (Å²) in [6.45, 7) is 1.77. The highest BCUT2D eigenvalue weighted by Gasteiger charge is 2.19. The Hall–Kier alpha value is -3.54. The highest BCUT2D eigenvalue weighted by Crippen LogP contribution is 2.31. The Kier molecular flexibility index (Phi) is 3.90. The van der Waals surface area contributed by atoms with E-state index in [-0.39, 0.29) is 11.4 Å². The Morgan fingerprint density at radius 1 is 0.964 bits per heavy atom. The molecule has 2 aromatic heterocycles. The number of hydrogen-bond donors (Lipinski definition) is 0. The van der Waals surface area contributed by atoms with Gasteiger partial charge in [0, 0.05) is 24.7 Å². The molecule has 138 valence electrons. The molecule has 3 heterocycles. The summed E-state index contributed by atoms with van der Waals surface area (Å²) >= 11 is 0. The summed E-state index contributed by atoms with van der Waals surface area (Å²) in [5.41, 5.74) is 2.25. The molecule has 0 spiro atoms. The Balaban J connectivity index is 1.59. The largest absolute Gasteiger partial charge is 0.369 e. The Morgan fingerprint density at radius 3 is 2.54 bits per heavy atom. The van der Waals surface area contributed by atoms with E-state index in [1.165, 1.54) is 10.7 Å². The molecule has 0 aliphatic carbocycles. The van der Waals surface area contributed by atoms with Gasteiger partial charge in [-0.25, -0.2) is 9.37 Å². The van der Waals surface area contributed by atoms with Crippen molar-refractivity contribution in [2.24, 2.45) is 0 Å². The first-order valence-corrected chi connectivity index (χ1v) is 9.19. The van der Waals surface area contributed by atoms with Crippen molar-refractivity contribution >= 4 is 16.5 Å². The molecule has 0 saturated carbocycles. The van der Waals surface area contributed by atoms with Gasteiger partial charge in [0.25, 0.3) is 5.56 Å². The summed E-state index contributed by atoms with van der Waals surface area (Å²) in [6.07, 6.45) is 4.38. The number of anilines is 1. The van der Waals surface area contributed by atoms with E-state index in [9.17, 15) is 9.18 Å². The van der Waals surface area contributed by atoms with Crippen LogP contribution in [-0.2, 0) is 0 Å². The summed E-state index contributed by atoms with van der Waals surface area (Å²) in [4.78, 5) is 19.0. The molecule has 0 amide bonds. The molecule has 0 atom stereocenters. The molecular weight excluding hydrogens is 355 g/mol. The van der Waals surface area contributed by atoms with E-state index in [0.29, 0.717) is 16.9 Å². The standard InChI is InChI=1S/C22H17FN4O/c23-19-8-6-16(13-20(19)26-10-3-11-26)15-5-7-18-17(12-15)14-25-27(22(18)28)21-4-1-2-9-24-21/h1-2,4-9,12-14H,3,10-11H2. The van der Waals surface area contributed by atoms with Crippen molar-refractivity contribution in [1.82, 2.24) is 14.8 Å². The van der Waals surface area contributed by atoms with Crippen LogP contribution in [0.1, 0.15) is 6.42 Å². The van der Waals surface area contributed by atoms with Crippen molar-refractivity contribution in [3.05, 3.63) is 83.2 Å². The minimum absolute atomic E-state index is 0.204. The molecule has 1 saturated heterocycles. The number of rotatable bonds is 3. The van der Waals surface area contributed by atoms with Gasteiger partial charge >= 0.3 is 0 Å². The predicted molar refractivity (Wildman–Crippen MR) is 107 cm³/mol. The lowest BCUT2D eigenvalue weighted by atomic mass is 10.0. The smallest absolute Gasteiger partial charge is 0.280 e. The van der Waals surface area contributed by atoms with E-state index in [2.05, 4.69) is 10.1 Å². The van der Waals surface area contributed by atoms with Gasteiger partial charge in [0.05, 0.1) is 17.3 Å². The minimum Gasteiger partial charge on any atom is -0.369 e. The quantitative estimate of drug-likeness (QED) is 0.549. The third-order valence-corrected chi connectivity index (χ3v) is 5.13. The first kappa shape index (κ1) is 16.6. The number of pyridine rings is 1. The van der Waals surface area contributed by atoms with Gasteiger partial charge in [0.1, 0.15) is 5.82 Å². The van der Waals surface area contributed by atoms with Crippen LogP contribution < -0.4 is 10.5 Å². The number of fused-ring (bicyclic) bond motifs is 1. The van der Waals surface area contributed by atoms with Gasteiger partial charge in [-0.2, -0.15) is 9.78 Å². The molecular formula is C22H17FN4O. The van der Waals surface area contributed by atoms with Crippen LogP contribution in [0.15, 0.2) is 71.8 Å². The molecule has 0 radical (unpaired) electrons. The minimum atomic E-state index is -0.219. The molecule has 0 bridgehead atoms. The van der Waals surface area contributed by atoms with Crippen LogP contribution >= 0.6 is 0 Å². The highest BCUT2D eigenvalue weighted by molar-refractivity contribution is 5.86. The number of aromatic nitrogens is 3. The van der Waals surface area contributed by atoms with Crippen LogP contribution in [-0.4, -0.2) is 27.9 Å². The fraction of sp³-hybridized carbons (Fsp3) is 0.136. The maximum atomic E-state index is 14.2. The molecule has 0 N–H and O–H groups in total. The third-order valence-electron chi connectivity index (χ3n) is 5.13. The van der Waals surface area contributed by atoms with Gasteiger partial charge in [-0.15, -0.1) is 0 Å². The van der Waals surface area contributed by atoms with Gasteiger partial charge in [-0.3, -0.25) is 4.79 Å². The van der Waals surface area contributed by atoms with Gasteiger partial charge in [-0.05, 0) is 53.9 Å². The molecule has 5 nitrogen and oxygen atoms in total. The summed E-state index contributed by atoms with van der Waals surface area (Å²) in [5, 5.41) is 5.57. The van der Waals surface area contributed by atoms with Crippen molar-refractivity contribution in [2.75, 3.05) is 18.0 Å². The van der Waals surface area contributed by atoms with Crippen molar-refractivity contribution in [3.63, 3.8) is 0 Å². The molecule has 4 aromatic rings. The number of hydrogen-bond acceptors (Lipinski definition) is 4. The third kappa shape index (κ3) is 2.74. The first-order chi connectivity index (χ1) is 13.7. The van der Waals surface area contributed by atoms with Gasteiger partial charge in [0.15, 0.2) is 5.82 Å². The Bertz CT molecular complexity index is 1230. The fourth-order valence-corrected chi connectivity index (χ4v) is 3.46. The molecule has 6 heteroatoms. The van der Waals surface area contributed by atoms with Crippen molar-refractivity contribution in [1.29, 1.82) is 0 Å². The number of nitrogens with zero attached hydrogens (tertiary/aromatic N) is 4. The van der Waals surface area contributed by atoms with E-state index in [1.54, 1.807) is 36.7 Å². The van der Waals surface area contributed by atoms with Gasteiger partial charge in [0.2, 0.25) is 0 Å². The van der Waals surface area contributed by atoms with Crippen LogP contribution in [0.25, 0.3) is 27.7 Å². The normalized spacial score (nSPS) is 13.5. The Labute approximate surface area is 160 Å². The highest BCUT2D eigenvalue weighted by atomic mass is 19.1. The fourth-order valence-electron chi connectivity index (χ4n) is 3.46. The molecule has 0 unspecified atom stereocenters. The summed E-state index contributed by atoms with van der Waals surface area (Å²) in [7, 11) is 0. The van der Waals surface area contributed by atoms with Crippen LogP contribution in [0.3, 0.4) is 0 Å². The molecule has 1 fully saturated rings. The monoisotopic (exact) mass is 372 g/mol. The maximum absolute atomic E-state index is 14.2. The Morgan fingerprint density at radius 2 is 1.79 bits per heavy atom. The average Bonchev–Trinajstić information content (AvgIpc) is 2.69. The second-order valence-corrected chi connectivity index (χ2v) is 6.86. The topological polar surface area (TPSA) is 51.0 Å². The van der Waals surface area contributed by atoms with Crippen LogP contribution in [0.2, 0.25) is 0 Å². The molecule has 28 heavy (non-hydrogen) atoms. The van der Waals surface area contributed by atoms with E-state index in [0.717, 1.165) is 36.0 Å². The molecule has 1 aliphatic heterocycles. The van der Waals surface area contributed by atoms with Gasteiger partial charge in [-0.1, -0.05) is 18.2 Å². The van der Waals surface area contributed by atoms with Crippen molar-refractivity contribution in [2.45, 2.75) is 6.42 Å². The van der Waals surface area contributed by atoms with Crippen LogP contribution in [0, 0.1) is 5.82 Å². The van der Waals surface area contributed by atoms with Crippen molar-refractivity contribution < 1.29 is 4.39 Å². The predicted octanol–water partition coefficient (Wildman–Crippen LogP) is 3.80. The van der Waals surface area contributed by atoms with Crippen molar-refractivity contribution in [3.8, 4) is 16.9 Å². The lowest BCUT2D eigenvalue weighted by molar-refractivity contribution is 0.573. The van der Waals surface area contributed by atoms with Crippen LogP contribution in [0.5, 0.6) is 0 Å². The molecule has 5 rings (SSSR count). The second kappa shape index (κ2) is 6.56. The lowest BCUT2D eigenvalue weighted by Crippen LogP contribution is -2.37. The summed E-state index contributed by atoms with van der Waals surface area (Å²) < 4.78 is 15.5. The van der Waals surface area contributed by atoms with E-state index >= 15 is 0 Å². The second-order valence-electron chi connectivity index (χ2n) is 6.86. The number of halogens is 1. The zero-order valence-electron chi connectivity index (χ0n) is 15.0. The van der Waals surface area contributed by atoms with E-state index in [4.69, 9.17) is 0 Å². The number of benzene rings is 2. The summed E-state index contributed by atoms with van der Waals surface area (Å²) in [5.74, 6) is 0.278. The van der Waals surface area contributed by atoms with E-state index in [1.807, 2.05) is 29.2 Å².